The van der Waals surface area contributed by atoms with Crippen LogP contribution < -0.4 is 14.8 Å². The van der Waals surface area contributed by atoms with Crippen LogP contribution in [0.15, 0.2) is 24.4 Å². The Balaban J connectivity index is 2.09. The van der Waals surface area contributed by atoms with Crippen molar-refractivity contribution in [3.63, 3.8) is 0 Å². The van der Waals surface area contributed by atoms with Crippen LogP contribution in [-0.4, -0.2) is 35.8 Å². The van der Waals surface area contributed by atoms with Crippen LogP contribution in [0.4, 0.5) is 5.69 Å². The molecule has 20 heavy (non-hydrogen) atoms. The molecule has 0 amide bonds. The summed E-state index contributed by atoms with van der Waals surface area (Å²) < 4.78 is 12.3. The van der Waals surface area contributed by atoms with Crippen molar-refractivity contribution in [3.05, 3.63) is 35.7 Å². The van der Waals surface area contributed by atoms with Gasteiger partial charge in [-0.1, -0.05) is 6.07 Å². The Morgan fingerprint density at radius 1 is 1.50 bits per heavy atom. The zero-order chi connectivity index (χ0) is 14.1. The van der Waals surface area contributed by atoms with E-state index in [9.17, 15) is 4.79 Å². The van der Waals surface area contributed by atoms with Crippen LogP contribution in [0.3, 0.4) is 0 Å². The van der Waals surface area contributed by atoms with Crippen molar-refractivity contribution in [1.29, 1.82) is 0 Å². The van der Waals surface area contributed by atoms with E-state index in [1.54, 1.807) is 13.1 Å². The molecular weight excluding hydrogens is 258 g/mol. The maximum atomic E-state index is 12.7. The van der Waals surface area contributed by atoms with Gasteiger partial charge in [0.1, 0.15) is 6.61 Å². The predicted molar refractivity (Wildman–Crippen MR) is 73.6 cm³/mol. The average Bonchev–Trinajstić information content (AvgIpc) is 2.87. The molecule has 0 atom stereocenters. The Kier molecular flexibility index (Phi) is 3.06. The number of rotatable bonds is 3. The Morgan fingerprint density at radius 3 is 3.15 bits per heavy atom. The van der Waals surface area contributed by atoms with Crippen molar-refractivity contribution < 1.29 is 14.3 Å². The van der Waals surface area contributed by atoms with E-state index >= 15 is 0 Å². The molecule has 1 aliphatic heterocycles. The minimum Gasteiger partial charge on any atom is -0.493 e. The lowest BCUT2D eigenvalue weighted by Crippen LogP contribution is -2.21. The third-order valence-electron chi connectivity index (χ3n) is 3.26. The van der Waals surface area contributed by atoms with Crippen LogP contribution in [0.1, 0.15) is 16.1 Å². The first-order chi connectivity index (χ1) is 9.72. The number of anilines is 1. The third kappa shape index (κ3) is 1.89. The van der Waals surface area contributed by atoms with Crippen LogP contribution in [0, 0.1) is 0 Å². The molecule has 3 rings (SSSR count). The number of aryl methyl sites for hydroxylation is 1. The van der Waals surface area contributed by atoms with Crippen molar-refractivity contribution in [2.24, 2.45) is 7.05 Å². The highest BCUT2D eigenvalue weighted by molar-refractivity contribution is 6.12. The number of aromatic nitrogens is 2. The molecule has 6 nitrogen and oxygen atoms in total. The zero-order valence-corrected chi connectivity index (χ0v) is 11.3. The summed E-state index contributed by atoms with van der Waals surface area (Å²) >= 11 is 0. The van der Waals surface area contributed by atoms with Crippen molar-refractivity contribution >= 4 is 11.5 Å². The highest BCUT2D eigenvalue weighted by Crippen LogP contribution is 2.33. The molecule has 1 aromatic heterocycles. The number of carbonyl (C=O) groups is 1. The molecule has 0 spiro atoms. The lowest BCUT2D eigenvalue weighted by atomic mass is 10.0. The summed E-state index contributed by atoms with van der Waals surface area (Å²) in [6, 6.07) is 5.48. The number of fused-ring (bicyclic) bond motifs is 1. The van der Waals surface area contributed by atoms with Gasteiger partial charge in [-0.2, -0.15) is 5.10 Å². The summed E-state index contributed by atoms with van der Waals surface area (Å²) in [5, 5.41) is 7.28. The topological polar surface area (TPSA) is 65.4 Å². The van der Waals surface area contributed by atoms with Gasteiger partial charge in [-0.3, -0.25) is 9.48 Å². The molecule has 2 heterocycles. The lowest BCUT2D eigenvalue weighted by Gasteiger charge is -2.21. The molecule has 0 saturated carbocycles. The monoisotopic (exact) mass is 273 g/mol. The molecule has 1 aliphatic rings. The Labute approximate surface area is 116 Å². The van der Waals surface area contributed by atoms with Gasteiger partial charge >= 0.3 is 0 Å². The van der Waals surface area contributed by atoms with E-state index in [1.165, 1.54) is 18.0 Å². The first-order valence-corrected chi connectivity index (χ1v) is 6.32. The van der Waals surface area contributed by atoms with Gasteiger partial charge in [-0.25, -0.2) is 0 Å². The molecule has 0 fully saturated rings. The number of carbonyl (C=O) groups excluding carboxylic acids is 1. The molecule has 104 valence electrons. The van der Waals surface area contributed by atoms with Gasteiger partial charge in [0.05, 0.1) is 24.6 Å². The number of nitrogens with zero attached hydrogens (tertiary/aromatic N) is 2. The van der Waals surface area contributed by atoms with Crippen molar-refractivity contribution in [3.8, 4) is 11.5 Å². The summed E-state index contributed by atoms with van der Waals surface area (Å²) in [6.45, 7) is 1.28. The molecular formula is C14H15N3O3. The molecule has 0 unspecified atom stereocenters. The molecule has 1 aromatic carbocycles. The fraction of sp³-hybridized carbons (Fsp3) is 0.286. The van der Waals surface area contributed by atoms with Crippen LogP contribution in [0.25, 0.3) is 0 Å². The maximum absolute atomic E-state index is 12.7. The van der Waals surface area contributed by atoms with E-state index in [0.29, 0.717) is 29.4 Å². The molecule has 0 bridgehead atoms. The van der Waals surface area contributed by atoms with Gasteiger partial charge in [0.2, 0.25) is 5.78 Å². The van der Waals surface area contributed by atoms with Gasteiger partial charge in [-0.05, 0) is 12.1 Å². The fourth-order valence-electron chi connectivity index (χ4n) is 2.30. The zero-order valence-electron chi connectivity index (χ0n) is 11.3. The number of methoxy groups -OCH3 is 1. The van der Waals surface area contributed by atoms with Gasteiger partial charge in [0.15, 0.2) is 17.2 Å². The van der Waals surface area contributed by atoms with Gasteiger partial charge in [-0.15, -0.1) is 0 Å². The molecule has 1 N–H and O–H groups in total. The van der Waals surface area contributed by atoms with E-state index in [-0.39, 0.29) is 5.78 Å². The maximum Gasteiger partial charge on any atom is 0.218 e. The standard InChI is InChI=1S/C14H15N3O3/c1-17-12(11(19-2)8-16-17)13(18)9-4-3-5-10-14(9)20-7-6-15-10/h3-5,8,15H,6-7H2,1-2H3. The van der Waals surface area contributed by atoms with Crippen molar-refractivity contribution in [1.82, 2.24) is 9.78 Å². The summed E-state index contributed by atoms with van der Waals surface area (Å²) in [5.74, 6) is 0.883. The van der Waals surface area contributed by atoms with Gasteiger partial charge < -0.3 is 14.8 Å². The normalized spacial score (nSPS) is 13.1. The van der Waals surface area contributed by atoms with Gasteiger partial charge in [0, 0.05) is 13.6 Å². The number of ether oxygens (including phenoxy) is 2. The Hall–Kier alpha value is -2.50. The summed E-state index contributed by atoms with van der Waals surface area (Å²) in [4.78, 5) is 12.7. The van der Waals surface area contributed by atoms with Crippen molar-refractivity contribution in [2.75, 3.05) is 25.6 Å². The van der Waals surface area contributed by atoms with E-state index in [0.717, 1.165) is 12.2 Å². The van der Waals surface area contributed by atoms with Gasteiger partial charge in [0.25, 0.3) is 0 Å². The second kappa shape index (κ2) is 4.88. The van der Waals surface area contributed by atoms with Crippen LogP contribution in [-0.2, 0) is 7.05 Å². The first-order valence-electron chi connectivity index (χ1n) is 6.32. The molecule has 0 aliphatic carbocycles. The van der Waals surface area contributed by atoms with E-state index in [2.05, 4.69) is 10.4 Å². The Bertz CT molecular complexity index is 664. The highest BCUT2D eigenvalue weighted by atomic mass is 16.5. The van der Waals surface area contributed by atoms with Crippen molar-refractivity contribution in [2.45, 2.75) is 0 Å². The quantitative estimate of drug-likeness (QED) is 0.858. The molecule has 6 heteroatoms. The first kappa shape index (κ1) is 12.5. The molecule has 2 aromatic rings. The average molecular weight is 273 g/mol. The number of ketones is 1. The molecule has 0 saturated heterocycles. The SMILES string of the molecule is COc1cnn(C)c1C(=O)c1cccc2c1OCCN2. The number of nitrogens with one attached hydrogen (secondary N) is 1. The number of para-hydroxylation sites is 1. The highest BCUT2D eigenvalue weighted by Gasteiger charge is 2.25. The summed E-state index contributed by atoms with van der Waals surface area (Å²) in [5.41, 5.74) is 1.76. The predicted octanol–water partition coefficient (Wildman–Crippen LogP) is 1.46. The summed E-state index contributed by atoms with van der Waals surface area (Å²) in [6.07, 6.45) is 1.53. The summed E-state index contributed by atoms with van der Waals surface area (Å²) in [7, 11) is 3.23. The largest absolute Gasteiger partial charge is 0.493 e. The smallest absolute Gasteiger partial charge is 0.218 e. The fourth-order valence-corrected chi connectivity index (χ4v) is 2.30. The van der Waals surface area contributed by atoms with Crippen LogP contribution in [0.2, 0.25) is 0 Å². The number of hydrogen-bond acceptors (Lipinski definition) is 5. The minimum absolute atomic E-state index is 0.164. The van der Waals surface area contributed by atoms with E-state index < -0.39 is 0 Å². The number of benzene rings is 1. The minimum atomic E-state index is -0.164. The second-order valence-corrected chi connectivity index (χ2v) is 4.47. The van der Waals surface area contributed by atoms with Crippen LogP contribution >= 0.6 is 0 Å². The Morgan fingerprint density at radius 2 is 2.35 bits per heavy atom. The van der Waals surface area contributed by atoms with Crippen LogP contribution in [0.5, 0.6) is 11.5 Å². The van der Waals surface area contributed by atoms with E-state index in [4.69, 9.17) is 9.47 Å². The lowest BCUT2D eigenvalue weighted by molar-refractivity contribution is 0.102. The third-order valence-corrected chi connectivity index (χ3v) is 3.26. The molecule has 0 radical (unpaired) electrons. The van der Waals surface area contributed by atoms with E-state index in [1.807, 2.05) is 12.1 Å². The second-order valence-electron chi connectivity index (χ2n) is 4.47. The number of hydrogen-bond donors (Lipinski definition) is 1.